The van der Waals surface area contributed by atoms with Gasteiger partial charge in [0.2, 0.25) is 0 Å². The van der Waals surface area contributed by atoms with Crippen molar-refractivity contribution in [3.63, 3.8) is 0 Å². The van der Waals surface area contributed by atoms with E-state index in [9.17, 15) is 15.8 Å². The molecule has 4 rings (SSSR count). The number of allylic oxidation sites excluding steroid dienone is 6. The molecule has 1 spiro atoms. The van der Waals surface area contributed by atoms with Gasteiger partial charge >= 0.3 is 0 Å². The number of hydrogen-bond donors (Lipinski definition) is 0. The molecule has 0 unspecified atom stereocenters. The summed E-state index contributed by atoms with van der Waals surface area (Å²) in [7, 11) is 0. The molecule has 0 aromatic rings. The number of nitriles is 3. The third kappa shape index (κ3) is 1.17. The summed E-state index contributed by atoms with van der Waals surface area (Å²) in [6.07, 6.45) is 9.58. The van der Waals surface area contributed by atoms with E-state index in [2.05, 4.69) is 51.1 Å². The maximum absolute atomic E-state index is 10.1. The van der Waals surface area contributed by atoms with Gasteiger partial charge in [-0.05, 0) is 29.7 Å². The molecule has 1 saturated carbocycles. The zero-order chi connectivity index (χ0) is 16.7. The summed E-state index contributed by atoms with van der Waals surface area (Å²) in [6, 6.07) is 7.50. The van der Waals surface area contributed by atoms with Crippen LogP contribution in [0.1, 0.15) is 33.6 Å². The number of rotatable bonds is 0. The fourth-order valence-electron chi connectivity index (χ4n) is 5.62. The Morgan fingerprint density at radius 1 is 1.09 bits per heavy atom. The highest BCUT2D eigenvalue weighted by Gasteiger charge is 2.75. The minimum Gasteiger partial charge on any atom is -0.198 e. The van der Waals surface area contributed by atoms with Crippen molar-refractivity contribution in [2.75, 3.05) is 0 Å². The molecule has 0 aromatic heterocycles. The van der Waals surface area contributed by atoms with Crippen LogP contribution >= 0.6 is 0 Å². The first-order valence-electron chi connectivity index (χ1n) is 8.20. The summed E-state index contributed by atoms with van der Waals surface area (Å²) < 4.78 is 0. The van der Waals surface area contributed by atoms with Crippen LogP contribution in [-0.2, 0) is 0 Å². The van der Waals surface area contributed by atoms with Crippen molar-refractivity contribution in [1.82, 2.24) is 0 Å². The van der Waals surface area contributed by atoms with E-state index in [1.54, 1.807) is 0 Å². The highest BCUT2D eigenvalue weighted by Crippen LogP contribution is 2.77. The molecule has 114 valence electrons. The zero-order valence-corrected chi connectivity index (χ0v) is 13.7. The molecular formula is C20H19N3. The predicted molar refractivity (Wildman–Crippen MR) is 85.1 cm³/mol. The molecule has 0 N–H and O–H groups in total. The molecule has 0 aliphatic heterocycles. The van der Waals surface area contributed by atoms with Crippen molar-refractivity contribution in [3.05, 3.63) is 35.5 Å². The topological polar surface area (TPSA) is 71.4 Å². The Hall–Kier alpha value is -2.31. The molecule has 4 aliphatic carbocycles. The lowest BCUT2D eigenvalue weighted by molar-refractivity contribution is 0.00830. The molecule has 3 nitrogen and oxygen atoms in total. The third-order valence-electron chi connectivity index (χ3n) is 6.99. The molecule has 0 heterocycles. The van der Waals surface area contributed by atoms with Crippen LogP contribution in [-0.4, -0.2) is 0 Å². The van der Waals surface area contributed by atoms with Crippen LogP contribution in [0.5, 0.6) is 0 Å². The highest BCUT2D eigenvalue weighted by atomic mass is 14.7. The van der Waals surface area contributed by atoms with Gasteiger partial charge in [-0.2, -0.15) is 15.8 Å². The molecule has 0 saturated heterocycles. The van der Waals surface area contributed by atoms with E-state index in [4.69, 9.17) is 0 Å². The second-order valence-corrected chi connectivity index (χ2v) is 8.20. The monoisotopic (exact) mass is 301 g/mol. The van der Waals surface area contributed by atoms with Gasteiger partial charge in [0, 0.05) is 5.41 Å². The Kier molecular flexibility index (Phi) is 2.35. The minimum absolute atomic E-state index is 0.215. The Morgan fingerprint density at radius 3 is 2.43 bits per heavy atom. The van der Waals surface area contributed by atoms with Crippen molar-refractivity contribution >= 4 is 0 Å². The summed E-state index contributed by atoms with van der Waals surface area (Å²) in [5.74, 6) is 0.0513. The number of hydrogen-bond acceptors (Lipinski definition) is 3. The third-order valence-corrected chi connectivity index (χ3v) is 6.99. The molecule has 4 aliphatic rings. The molecule has 0 aromatic carbocycles. The highest BCUT2D eigenvalue weighted by molar-refractivity contribution is 5.62. The quantitative estimate of drug-likeness (QED) is 0.634. The molecular weight excluding hydrogens is 282 g/mol. The molecule has 3 heteroatoms. The van der Waals surface area contributed by atoms with Crippen molar-refractivity contribution in [3.8, 4) is 18.2 Å². The molecule has 1 fully saturated rings. The molecule has 0 bridgehead atoms. The fraction of sp³-hybridized carbons (Fsp3) is 0.550. The molecule has 23 heavy (non-hydrogen) atoms. The van der Waals surface area contributed by atoms with Crippen LogP contribution in [0.3, 0.4) is 0 Å². The maximum atomic E-state index is 10.1. The predicted octanol–water partition coefficient (Wildman–Crippen LogP) is 4.04. The summed E-state index contributed by atoms with van der Waals surface area (Å²) in [5.41, 5.74) is 0.185. The average molecular weight is 301 g/mol. The molecule has 0 radical (unpaired) electrons. The molecule has 0 amide bonds. The van der Waals surface area contributed by atoms with Crippen LogP contribution in [0.15, 0.2) is 35.5 Å². The lowest BCUT2D eigenvalue weighted by Gasteiger charge is -2.63. The van der Waals surface area contributed by atoms with Crippen molar-refractivity contribution in [1.29, 1.82) is 15.8 Å². The first-order chi connectivity index (χ1) is 10.8. The summed E-state index contributed by atoms with van der Waals surface area (Å²) in [4.78, 5) is 0. The standard InChI is InChI=1S/C20H19N3/c1-13-4-5-20-14(10-21)8-18(20,11-22)6-7-19(12-23)16(20)15(13)9-17(19,2)3/h4-7,13-14H,8-9H2,1-3H3/t13-,14-,18-,19-,20-/m1/s1. The second kappa shape index (κ2) is 3.77. The summed E-state index contributed by atoms with van der Waals surface area (Å²) in [5, 5.41) is 29.7. The van der Waals surface area contributed by atoms with Crippen molar-refractivity contribution in [2.45, 2.75) is 33.6 Å². The van der Waals surface area contributed by atoms with E-state index in [0.29, 0.717) is 6.42 Å². The summed E-state index contributed by atoms with van der Waals surface area (Å²) in [6.45, 7) is 6.43. The lowest BCUT2D eigenvalue weighted by atomic mass is 9.35. The molecule has 5 atom stereocenters. The second-order valence-electron chi connectivity index (χ2n) is 8.20. The largest absolute Gasteiger partial charge is 0.198 e. The van der Waals surface area contributed by atoms with Gasteiger partial charge in [-0.3, -0.25) is 0 Å². The van der Waals surface area contributed by atoms with Gasteiger partial charge in [0.15, 0.2) is 0 Å². The SMILES string of the molecule is C[C@@H]1C=C[C@@]23C4=C1CC(C)(C)[C@@]4(C#N)C=C[C@]2(C#N)C[C@@H]3C#N. The van der Waals surface area contributed by atoms with Gasteiger partial charge in [0.25, 0.3) is 0 Å². The van der Waals surface area contributed by atoms with Gasteiger partial charge in [0.05, 0.1) is 29.5 Å². The van der Waals surface area contributed by atoms with Crippen LogP contribution in [0.4, 0.5) is 0 Å². The fourth-order valence-corrected chi connectivity index (χ4v) is 5.62. The van der Waals surface area contributed by atoms with Crippen molar-refractivity contribution in [2.24, 2.45) is 33.5 Å². The Morgan fingerprint density at radius 2 is 1.83 bits per heavy atom. The maximum Gasteiger partial charge on any atom is 0.103 e. The van der Waals surface area contributed by atoms with Crippen LogP contribution in [0.2, 0.25) is 0 Å². The van der Waals surface area contributed by atoms with E-state index in [0.717, 1.165) is 12.0 Å². The van der Waals surface area contributed by atoms with Crippen LogP contribution < -0.4 is 0 Å². The lowest BCUT2D eigenvalue weighted by Crippen LogP contribution is -2.62. The van der Waals surface area contributed by atoms with Crippen LogP contribution in [0.25, 0.3) is 0 Å². The van der Waals surface area contributed by atoms with Crippen molar-refractivity contribution < 1.29 is 0 Å². The minimum atomic E-state index is -0.697. The Balaban J connectivity index is 2.12. The average Bonchev–Trinajstić information content (AvgIpc) is 2.76. The van der Waals surface area contributed by atoms with Gasteiger partial charge in [-0.25, -0.2) is 0 Å². The Labute approximate surface area is 137 Å². The van der Waals surface area contributed by atoms with E-state index < -0.39 is 16.2 Å². The first-order valence-corrected chi connectivity index (χ1v) is 8.20. The normalized spacial score (nSPS) is 47.7. The smallest absolute Gasteiger partial charge is 0.103 e. The van der Waals surface area contributed by atoms with Gasteiger partial charge in [-0.1, -0.05) is 50.6 Å². The van der Waals surface area contributed by atoms with E-state index in [1.165, 1.54) is 5.57 Å². The van der Waals surface area contributed by atoms with Gasteiger partial charge in [-0.15, -0.1) is 0 Å². The van der Waals surface area contributed by atoms with E-state index >= 15 is 0 Å². The van der Waals surface area contributed by atoms with Gasteiger partial charge < -0.3 is 0 Å². The summed E-state index contributed by atoms with van der Waals surface area (Å²) >= 11 is 0. The first kappa shape index (κ1) is 14.3. The number of nitrogens with zero attached hydrogens (tertiary/aromatic N) is 3. The Bertz CT molecular complexity index is 838. The zero-order valence-electron chi connectivity index (χ0n) is 13.7. The van der Waals surface area contributed by atoms with E-state index in [-0.39, 0.29) is 17.3 Å². The van der Waals surface area contributed by atoms with Gasteiger partial charge in [0.1, 0.15) is 5.41 Å². The van der Waals surface area contributed by atoms with E-state index in [1.807, 2.05) is 12.2 Å². The van der Waals surface area contributed by atoms with Crippen LogP contribution in [0, 0.1) is 67.5 Å².